The Morgan fingerprint density at radius 1 is 1.50 bits per heavy atom. The van der Waals surface area contributed by atoms with Crippen LogP contribution >= 0.6 is 0 Å². The quantitative estimate of drug-likeness (QED) is 0.652. The van der Waals surface area contributed by atoms with E-state index < -0.39 is 5.91 Å². The minimum absolute atomic E-state index is 0.236. The molecule has 0 radical (unpaired) electrons. The SMILES string of the molecule is NC(=O)c1cnc(N[C@H]2C[C@@H](CO)C2)nc1. The maximum absolute atomic E-state index is 10.8. The van der Waals surface area contributed by atoms with Crippen molar-refractivity contribution in [1.82, 2.24) is 9.97 Å². The number of hydrogen-bond acceptors (Lipinski definition) is 5. The van der Waals surface area contributed by atoms with Gasteiger partial charge >= 0.3 is 0 Å². The van der Waals surface area contributed by atoms with Crippen molar-refractivity contribution in [1.29, 1.82) is 0 Å². The molecule has 1 heterocycles. The molecule has 0 unspecified atom stereocenters. The lowest BCUT2D eigenvalue weighted by molar-refractivity contribution is 0.0999. The highest BCUT2D eigenvalue weighted by Crippen LogP contribution is 2.28. The Morgan fingerprint density at radius 3 is 2.62 bits per heavy atom. The van der Waals surface area contributed by atoms with Gasteiger partial charge in [0, 0.05) is 25.0 Å². The third-order valence-electron chi connectivity index (χ3n) is 2.76. The van der Waals surface area contributed by atoms with Crippen molar-refractivity contribution >= 4 is 11.9 Å². The van der Waals surface area contributed by atoms with E-state index in [4.69, 9.17) is 10.8 Å². The van der Waals surface area contributed by atoms with Crippen LogP contribution in [0, 0.1) is 5.92 Å². The zero-order valence-electron chi connectivity index (χ0n) is 8.76. The van der Waals surface area contributed by atoms with Crippen molar-refractivity contribution in [3.05, 3.63) is 18.0 Å². The summed E-state index contributed by atoms with van der Waals surface area (Å²) in [5.41, 5.74) is 5.37. The number of rotatable bonds is 4. The normalized spacial score (nSPS) is 23.6. The van der Waals surface area contributed by atoms with E-state index in [1.807, 2.05) is 0 Å². The molecule has 1 aliphatic rings. The molecule has 0 bridgehead atoms. The first kappa shape index (κ1) is 10.8. The zero-order valence-corrected chi connectivity index (χ0v) is 8.76. The topological polar surface area (TPSA) is 101 Å². The number of aromatic nitrogens is 2. The van der Waals surface area contributed by atoms with Crippen LogP contribution in [0.2, 0.25) is 0 Å². The molecule has 0 aliphatic heterocycles. The van der Waals surface area contributed by atoms with Gasteiger partial charge in [0.05, 0.1) is 5.56 Å². The summed E-state index contributed by atoms with van der Waals surface area (Å²) in [5.74, 6) is 0.351. The Morgan fingerprint density at radius 2 is 2.12 bits per heavy atom. The van der Waals surface area contributed by atoms with Gasteiger partial charge < -0.3 is 16.2 Å². The number of aliphatic hydroxyl groups is 1. The summed E-state index contributed by atoms with van der Waals surface area (Å²) in [6, 6.07) is 0.316. The summed E-state index contributed by atoms with van der Waals surface area (Å²) >= 11 is 0. The lowest BCUT2D eigenvalue weighted by atomic mass is 9.81. The second kappa shape index (κ2) is 4.44. The molecule has 1 aliphatic carbocycles. The molecule has 6 nitrogen and oxygen atoms in total. The van der Waals surface area contributed by atoms with Crippen molar-refractivity contribution in [2.45, 2.75) is 18.9 Å². The predicted molar refractivity (Wildman–Crippen MR) is 57.8 cm³/mol. The number of nitrogens with zero attached hydrogens (tertiary/aromatic N) is 2. The van der Waals surface area contributed by atoms with E-state index in [2.05, 4.69) is 15.3 Å². The average molecular weight is 222 g/mol. The molecule has 4 N–H and O–H groups in total. The summed E-state index contributed by atoms with van der Waals surface area (Å²) in [5, 5.41) is 12.0. The van der Waals surface area contributed by atoms with Crippen LogP contribution in [0.4, 0.5) is 5.95 Å². The lowest BCUT2D eigenvalue weighted by Crippen LogP contribution is -2.37. The molecule has 1 saturated carbocycles. The standard InChI is InChI=1S/C10H14N4O2/c11-9(16)7-3-12-10(13-4-7)14-8-1-6(2-8)5-15/h3-4,6,8,15H,1-2,5H2,(H2,11,16)(H,12,13,14)/t6-,8+. The molecule has 0 aromatic carbocycles. The van der Waals surface area contributed by atoms with Crippen molar-refractivity contribution in [2.75, 3.05) is 11.9 Å². The van der Waals surface area contributed by atoms with Crippen molar-refractivity contribution in [3.63, 3.8) is 0 Å². The maximum atomic E-state index is 10.8. The molecule has 1 fully saturated rings. The highest BCUT2D eigenvalue weighted by molar-refractivity contribution is 5.92. The fourth-order valence-electron chi connectivity index (χ4n) is 1.72. The third-order valence-corrected chi connectivity index (χ3v) is 2.76. The van der Waals surface area contributed by atoms with Gasteiger partial charge in [0.1, 0.15) is 0 Å². The molecular weight excluding hydrogens is 208 g/mol. The van der Waals surface area contributed by atoms with Crippen LogP contribution in [-0.4, -0.2) is 33.6 Å². The van der Waals surface area contributed by atoms with Crippen LogP contribution in [0.25, 0.3) is 0 Å². The van der Waals surface area contributed by atoms with Gasteiger partial charge in [-0.05, 0) is 18.8 Å². The fraction of sp³-hybridized carbons (Fsp3) is 0.500. The number of amides is 1. The van der Waals surface area contributed by atoms with Crippen molar-refractivity contribution in [3.8, 4) is 0 Å². The summed E-state index contributed by atoms with van der Waals surface area (Å²) in [6.07, 6.45) is 4.66. The molecule has 1 aromatic heterocycles. The summed E-state index contributed by atoms with van der Waals surface area (Å²) in [6.45, 7) is 0.236. The molecule has 6 heteroatoms. The minimum Gasteiger partial charge on any atom is -0.396 e. The van der Waals surface area contributed by atoms with Crippen LogP contribution in [0.5, 0.6) is 0 Å². The predicted octanol–water partition coefficient (Wildman–Crippen LogP) is -0.242. The second-order valence-electron chi connectivity index (χ2n) is 4.02. The number of primary amides is 1. The Hall–Kier alpha value is -1.69. The van der Waals surface area contributed by atoms with Gasteiger partial charge in [-0.15, -0.1) is 0 Å². The number of aliphatic hydroxyl groups excluding tert-OH is 1. The Kier molecular flexibility index (Phi) is 3.00. The highest BCUT2D eigenvalue weighted by atomic mass is 16.3. The zero-order chi connectivity index (χ0) is 11.5. The van der Waals surface area contributed by atoms with E-state index in [0.717, 1.165) is 12.8 Å². The summed E-state index contributed by atoms with van der Waals surface area (Å²) < 4.78 is 0. The summed E-state index contributed by atoms with van der Waals surface area (Å²) in [4.78, 5) is 18.8. The maximum Gasteiger partial charge on any atom is 0.251 e. The monoisotopic (exact) mass is 222 g/mol. The molecule has 2 rings (SSSR count). The van der Waals surface area contributed by atoms with Crippen LogP contribution < -0.4 is 11.1 Å². The van der Waals surface area contributed by atoms with E-state index in [1.165, 1.54) is 12.4 Å². The highest BCUT2D eigenvalue weighted by Gasteiger charge is 2.28. The number of nitrogens with one attached hydrogen (secondary N) is 1. The smallest absolute Gasteiger partial charge is 0.251 e. The minimum atomic E-state index is -0.532. The first-order chi connectivity index (χ1) is 7.69. The van der Waals surface area contributed by atoms with Crippen LogP contribution in [0.15, 0.2) is 12.4 Å². The first-order valence-electron chi connectivity index (χ1n) is 5.18. The number of nitrogens with two attached hydrogens (primary N) is 1. The van der Waals surface area contributed by atoms with Crippen LogP contribution in [0.1, 0.15) is 23.2 Å². The molecular formula is C10H14N4O2. The van der Waals surface area contributed by atoms with Gasteiger partial charge in [-0.2, -0.15) is 0 Å². The van der Waals surface area contributed by atoms with Gasteiger partial charge in [0.15, 0.2) is 0 Å². The first-order valence-corrected chi connectivity index (χ1v) is 5.18. The van der Waals surface area contributed by atoms with Gasteiger partial charge in [-0.1, -0.05) is 0 Å². The largest absolute Gasteiger partial charge is 0.396 e. The molecule has 86 valence electrons. The molecule has 0 atom stereocenters. The Bertz CT molecular complexity index is 373. The van der Waals surface area contributed by atoms with Gasteiger partial charge in [-0.25, -0.2) is 9.97 Å². The molecule has 1 amide bonds. The number of carbonyl (C=O) groups excluding carboxylic acids is 1. The van der Waals surface area contributed by atoms with Gasteiger partial charge in [0.2, 0.25) is 5.95 Å². The van der Waals surface area contributed by atoms with Crippen LogP contribution in [-0.2, 0) is 0 Å². The molecule has 1 aromatic rings. The third kappa shape index (κ3) is 2.27. The average Bonchev–Trinajstić information content (AvgIpc) is 2.23. The van der Waals surface area contributed by atoms with E-state index in [-0.39, 0.29) is 6.61 Å². The number of hydrogen-bond donors (Lipinski definition) is 3. The van der Waals surface area contributed by atoms with E-state index >= 15 is 0 Å². The Balaban J connectivity index is 1.89. The summed E-state index contributed by atoms with van der Waals surface area (Å²) in [7, 11) is 0. The van der Waals surface area contributed by atoms with Crippen molar-refractivity contribution in [2.24, 2.45) is 11.7 Å². The number of carbonyl (C=O) groups is 1. The second-order valence-corrected chi connectivity index (χ2v) is 4.02. The van der Waals surface area contributed by atoms with E-state index in [1.54, 1.807) is 0 Å². The molecule has 0 saturated heterocycles. The molecule has 16 heavy (non-hydrogen) atoms. The van der Waals surface area contributed by atoms with Crippen LogP contribution in [0.3, 0.4) is 0 Å². The van der Waals surface area contributed by atoms with Gasteiger partial charge in [-0.3, -0.25) is 4.79 Å². The Labute approximate surface area is 92.9 Å². The van der Waals surface area contributed by atoms with Crippen molar-refractivity contribution < 1.29 is 9.90 Å². The number of anilines is 1. The molecule has 0 spiro atoms. The van der Waals surface area contributed by atoms with Gasteiger partial charge in [0.25, 0.3) is 5.91 Å². The van der Waals surface area contributed by atoms with E-state index in [0.29, 0.717) is 23.5 Å². The lowest BCUT2D eigenvalue weighted by Gasteiger charge is -2.34. The van der Waals surface area contributed by atoms with E-state index in [9.17, 15) is 4.79 Å². The fourth-order valence-corrected chi connectivity index (χ4v) is 1.72.